The number of nitrogens with zero attached hydrogens (tertiary/aromatic N) is 2. The molecule has 0 N–H and O–H groups in total. The van der Waals surface area contributed by atoms with E-state index in [1.165, 1.54) is 12.5 Å². The average Bonchev–Trinajstić information content (AvgIpc) is 2.73. The summed E-state index contributed by atoms with van der Waals surface area (Å²) in [6.07, 6.45) is 6.26. The van der Waals surface area contributed by atoms with E-state index in [-0.39, 0.29) is 0 Å². The second-order valence-electron chi connectivity index (χ2n) is 6.74. The molecule has 0 saturated heterocycles. The van der Waals surface area contributed by atoms with E-state index in [4.69, 9.17) is 0 Å². The highest BCUT2D eigenvalue weighted by Crippen LogP contribution is 2.43. The Morgan fingerprint density at radius 1 is 1.24 bits per heavy atom. The molecule has 1 atom stereocenters. The first-order valence-electron chi connectivity index (χ1n) is 7.72. The van der Waals surface area contributed by atoms with Crippen molar-refractivity contribution >= 4 is 10.9 Å². The van der Waals surface area contributed by atoms with Gasteiger partial charge in [-0.25, -0.2) is 8.78 Å². The maximum atomic E-state index is 14.4. The fraction of sp³-hybridized carbons (Fsp3) is 0.529. The molecular formula is C17H20F2N2. The molecule has 2 nitrogen and oxygen atoms in total. The summed E-state index contributed by atoms with van der Waals surface area (Å²) in [4.78, 5) is 2.17. The second kappa shape index (κ2) is 4.54. The molecule has 2 aliphatic rings. The van der Waals surface area contributed by atoms with Crippen molar-refractivity contribution in [3.8, 4) is 0 Å². The average molecular weight is 290 g/mol. The monoisotopic (exact) mass is 290 g/mol. The van der Waals surface area contributed by atoms with E-state index in [2.05, 4.69) is 15.7 Å². The molecule has 1 aromatic carbocycles. The van der Waals surface area contributed by atoms with Crippen molar-refractivity contribution in [2.45, 2.75) is 44.2 Å². The second-order valence-corrected chi connectivity index (χ2v) is 6.74. The topological polar surface area (TPSA) is 8.17 Å². The van der Waals surface area contributed by atoms with E-state index in [0.717, 1.165) is 42.5 Å². The van der Waals surface area contributed by atoms with Crippen LogP contribution in [0.2, 0.25) is 0 Å². The Balaban J connectivity index is 1.95. The molecule has 0 amide bonds. The van der Waals surface area contributed by atoms with Crippen LogP contribution < -0.4 is 0 Å². The third-order valence-corrected chi connectivity index (χ3v) is 5.28. The van der Waals surface area contributed by atoms with Crippen molar-refractivity contribution in [3.05, 3.63) is 35.0 Å². The van der Waals surface area contributed by atoms with Crippen LogP contribution in [0.4, 0.5) is 8.78 Å². The van der Waals surface area contributed by atoms with Crippen molar-refractivity contribution in [2.75, 3.05) is 14.1 Å². The molecule has 1 aliphatic heterocycles. The van der Waals surface area contributed by atoms with Gasteiger partial charge in [0.1, 0.15) is 0 Å². The van der Waals surface area contributed by atoms with Gasteiger partial charge in [-0.2, -0.15) is 0 Å². The van der Waals surface area contributed by atoms with Crippen LogP contribution in [0, 0.1) is 11.6 Å². The van der Waals surface area contributed by atoms with E-state index in [1.54, 1.807) is 0 Å². The van der Waals surface area contributed by atoms with Gasteiger partial charge >= 0.3 is 0 Å². The molecular weight excluding hydrogens is 270 g/mol. The van der Waals surface area contributed by atoms with Gasteiger partial charge in [-0.15, -0.1) is 0 Å². The lowest BCUT2D eigenvalue weighted by atomic mass is 9.80. The summed E-state index contributed by atoms with van der Waals surface area (Å²) in [6, 6.07) is 1.74. The van der Waals surface area contributed by atoms with Gasteiger partial charge in [0, 0.05) is 24.2 Å². The van der Waals surface area contributed by atoms with Crippen LogP contribution in [0.3, 0.4) is 0 Å². The molecule has 1 aromatic heterocycles. The van der Waals surface area contributed by atoms with Crippen LogP contribution >= 0.6 is 0 Å². The van der Waals surface area contributed by atoms with Gasteiger partial charge in [0.05, 0.1) is 5.52 Å². The minimum absolute atomic E-state index is 0.340. The van der Waals surface area contributed by atoms with Crippen molar-refractivity contribution in [2.24, 2.45) is 0 Å². The maximum absolute atomic E-state index is 14.4. The molecule has 0 radical (unpaired) electrons. The fourth-order valence-electron chi connectivity index (χ4n) is 3.78. The van der Waals surface area contributed by atoms with Gasteiger partial charge in [0.15, 0.2) is 11.6 Å². The molecule has 4 heteroatoms. The summed E-state index contributed by atoms with van der Waals surface area (Å²) in [7, 11) is 4.09. The smallest absolute Gasteiger partial charge is 0.168 e. The Kier molecular flexibility index (Phi) is 2.86. The number of benzene rings is 1. The SMILES string of the molecule is CN(C)[C@H]1Cc2cc(F)c(F)c3c(C4CCC4)cn(c23)C1. The third kappa shape index (κ3) is 1.85. The van der Waals surface area contributed by atoms with Crippen molar-refractivity contribution < 1.29 is 8.78 Å². The predicted octanol–water partition coefficient (Wildman–Crippen LogP) is 3.67. The lowest BCUT2D eigenvalue weighted by Gasteiger charge is -2.30. The predicted molar refractivity (Wildman–Crippen MR) is 79.6 cm³/mol. The summed E-state index contributed by atoms with van der Waals surface area (Å²) in [6.45, 7) is 0.855. The Hall–Kier alpha value is -1.42. The van der Waals surface area contributed by atoms with E-state index >= 15 is 0 Å². The number of likely N-dealkylation sites (N-methyl/N-ethyl adjacent to an activating group) is 1. The highest BCUT2D eigenvalue weighted by molar-refractivity contribution is 5.89. The lowest BCUT2D eigenvalue weighted by molar-refractivity contribution is 0.258. The fourth-order valence-corrected chi connectivity index (χ4v) is 3.78. The normalized spacial score (nSPS) is 22.0. The third-order valence-electron chi connectivity index (χ3n) is 5.28. The van der Waals surface area contributed by atoms with Crippen molar-refractivity contribution in [1.82, 2.24) is 9.47 Å². The zero-order chi connectivity index (χ0) is 14.7. The van der Waals surface area contributed by atoms with Crippen LogP contribution in [-0.2, 0) is 13.0 Å². The summed E-state index contributed by atoms with van der Waals surface area (Å²) in [5.74, 6) is -0.943. The van der Waals surface area contributed by atoms with E-state index in [0.29, 0.717) is 17.3 Å². The van der Waals surface area contributed by atoms with Crippen molar-refractivity contribution in [1.29, 1.82) is 0 Å². The Morgan fingerprint density at radius 2 is 2.00 bits per heavy atom. The number of halogens is 2. The zero-order valence-corrected chi connectivity index (χ0v) is 12.5. The van der Waals surface area contributed by atoms with Gasteiger partial charge in [0.25, 0.3) is 0 Å². The first-order valence-corrected chi connectivity index (χ1v) is 7.72. The Morgan fingerprint density at radius 3 is 2.62 bits per heavy atom. The van der Waals surface area contributed by atoms with Crippen LogP contribution in [-0.4, -0.2) is 29.6 Å². The van der Waals surface area contributed by atoms with Gasteiger partial charge < -0.3 is 9.47 Å². The Labute approximate surface area is 123 Å². The van der Waals surface area contributed by atoms with Crippen molar-refractivity contribution in [3.63, 3.8) is 0 Å². The molecule has 1 aliphatic carbocycles. The largest absolute Gasteiger partial charge is 0.345 e. The van der Waals surface area contributed by atoms with E-state index in [9.17, 15) is 8.78 Å². The van der Waals surface area contributed by atoms with Crippen LogP contribution in [0.5, 0.6) is 0 Å². The molecule has 0 unspecified atom stereocenters. The molecule has 4 rings (SSSR count). The minimum atomic E-state index is -0.699. The van der Waals surface area contributed by atoms with Crippen LogP contribution in [0.15, 0.2) is 12.3 Å². The number of aromatic nitrogens is 1. The standard InChI is InChI=1S/C17H20F2N2/c1-20(2)12-6-11-7-14(18)16(19)15-13(10-4-3-5-10)9-21(8-12)17(11)15/h7,9-10,12H,3-6,8H2,1-2H3/t12-/m0/s1. The van der Waals surface area contributed by atoms with Gasteiger partial charge in [0.2, 0.25) is 0 Å². The van der Waals surface area contributed by atoms with Gasteiger partial charge in [-0.05, 0) is 56.5 Å². The number of hydrogen-bond acceptors (Lipinski definition) is 1. The van der Waals surface area contributed by atoms with Crippen LogP contribution in [0.25, 0.3) is 10.9 Å². The highest BCUT2D eigenvalue weighted by Gasteiger charge is 2.31. The minimum Gasteiger partial charge on any atom is -0.345 e. The first kappa shape index (κ1) is 13.3. The summed E-state index contributed by atoms with van der Waals surface area (Å²) >= 11 is 0. The molecule has 0 spiro atoms. The highest BCUT2D eigenvalue weighted by atomic mass is 19.2. The quantitative estimate of drug-likeness (QED) is 0.819. The number of hydrogen-bond donors (Lipinski definition) is 0. The molecule has 112 valence electrons. The molecule has 0 bridgehead atoms. The lowest BCUT2D eigenvalue weighted by Crippen LogP contribution is -2.36. The number of rotatable bonds is 2. The van der Waals surface area contributed by atoms with Gasteiger partial charge in [-0.3, -0.25) is 0 Å². The maximum Gasteiger partial charge on any atom is 0.168 e. The van der Waals surface area contributed by atoms with Gasteiger partial charge in [-0.1, -0.05) is 6.42 Å². The van der Waals surface area contributed by atoms with E-state index < -0.39 is 11.6 Å². The molecule has 2 heterocycles. The summed E-state index contributed by atoms with van der Waals surface area (Å²) in [5, 5.41) is 0.548. The summed E-state index contributed by atoms with van der Waals surface area (Å²) in [5.41, 5.74) is 2.89. The molecule has 1 fully saturated rings. The Bertz CT molecular complexity index is 713. The van der Waals surface area contributed by atoms with E-state index in [1.807, 2.05) is 14.1 Å². The summed E-state index contributed by atoms with van der Waals surface area (Å²) < 4.78 is 30.6. The molecule has 2 aromatic rings. The first-order chi connectivity index (χ1) is 10.1. The molecule has 1 saturated carbocycles. The van der Waals surface area contributed by atoms with Crippen LogP contribution in [0.1, 0.15) is 36.3 Å². The molecule has 21 heavy (non-hydrogen) atoms. The zero-order valence-electron chi connectivity index (χ0n) is 12.5.